The molecule has 1 heterocycles. The van der Waals surface area contributed by atoms with E-state index in [4.69, 9.17) is 37.4 Å². The Morgan fingerprint density at radius 3 is 2.39 bits per heavy atom. The summed E-state index contributed by atoms with van der Waals surface area (Å²) < 4.78 is 16.7. The first-order valence-corrected chi connectivity index (χ1v) is 14.5. The van der Waals surface area contributed by atoms with Gasteiger partial charge in [0.2, 0.25) is 0 Å². The molecule has 5 aromatic rings. The van der Waals surface area contributed by atoms with Crippen molar-refractivity contribution >= 4 is 74.1 Å². The average Bonchev–Trinajstić information content (AvgIpc) is 3.37. The van der Waals surface area contributed by atoms with Crippen LogP contribution in [0.25, 0.3) is 22.0 Å². The largest absolute Gasteiger partial charge is 0.493 e. The number of ether oxygens (including phenoxy) is 3. The van der Waals surface area contributed by atoms with E-state index in [1.54, 1.807) is 42.5 Å². The number of halogens is 3. The number of esters is 2. The smallest absolute Gasteiger partial charge is 0.343 e. The Bertz CT molecular complexity index is 1960. The minimum absolute atomic E-state index is 0.161. The summed E-state index contributed by atoms with van der Waals surface area (Å²) in [4.78, 5) is 40.8. The normalized spacial score (nSPS) is 11.0. The number of benzene rings is 4. The molecular weight excluding hydrogens is 673 g/mol. The number of rotatable bonds is 8. The van der Waals surface area contributed by atoms with Crippen LogP contribution >= 0.6 is 39.1 Å². The second-order valence-electron chi connectivity index (χ2n) is 9.25. The van der Waals surface area contributed by atoms with Crippen molar-refractivity contribution in [2.75, 3.05) is 7.11 Å². The van der Waals surface area contributed by atoms with Crippen molar-refractivity contribution in [1.29, 1.82) is 0 Å². The first-order valence-electron chi connectivity index (χ1n) is 12.9. The summed E-state index contributed by atoms with van der Waals surface area (Å²) >= 11 is 16.5. The summed E-state index contributed by atoms with van der Waals surface area (Å²) in [6.07, 6.45) is 1.35. The predicted octanol–water partition coefficient (Wildman–Crippen LogP) is 7.82. The molecule has 0 spiro atoms. The summed E-state index contributed by atoms with van der Waals surface area (Å²) in [7, 11) is 1.39. The van der Waals surface area contributed by atoms with E-state index in [9.17, 15) is 14.4 Å². The minimum atomic E-state index is -0.687. The molecule has 0 aliphatic heterocycles. The Kier molecular flexibility index (Phi) is 9.34. The number of hydrazone groups is 1. The zero-order chi connectivity index (χ0) is 31.4. The number of carbonyl (C=O) groups is 3. The fourth-order valence-electron chi connectivity index (χ4n) is 4.42. The predicted molar refractivity (Wildman–Crippen MR) is 172 cm³/mol. The van der Waals surface area contributed by atoms with Crippen molar-refractivity contribution in [1.82, 2.24) is 10.4 Å². The van der Waals surface area contributed by atoms with Gasteiger partial charge in [-0.1, -0.05) is 69.5 Å². The number of nitrogens with one attached hydrogen (secondary N) is 2. The first-order chi connectivity index (χ1) is 21.2. The number of para-hydroxylation sites is 1. The van der Waals surface area contributed by atoms with E-state index >= 15 is 0 Å². The van der Waals surface area contributed by atoms with Gasteiger partial charge < -0.3 is 19.2 Å². The van der Waals surface area contributed by atoms with Crippen LogP contribution in [0, 0.1) is 0 Å². The summed E-state index contributed by atoms with van der Waals surface area (Å²) in [5.74, 6) is -1.21. The lowest BCUT2D eigenvalue weighted by atomic mass is 10.0. The van der Waals surface area contributed by atoms with Gasteiger partial charge in [-0.15, -0.1) is 0 Å². The number of hydrogen-bond acceptors (Lipinski definition) is 7. The Morgan fingerprint density at radius 1 is 0.886 bits per heavy atom. The third-order valence-electron chi connectivity index (χ3n) is 6.34. The van der Waals surface area contributed by atoms with Crippen molar-refractivity contribution in [3.8, 4) is 28.4 Å². The van der Waals surface area contributed by atoms with Gasteiger partial charge in [-0.25, -0.2) is 10.2 Å². The molecule has 1 amide bonds. The average molecular weight is 695 g/mol. The monoisotopic (exact) mass is 693 g/mol. The van der Waals surface area contributed by atoms with Crippen LogP contribution in [0.3, 0.4) is 0 Å². The molecule has 0 unspecified atom stereocenters. The Morgan fingerprint density at radius 2 is 1.64 bits per heavy atom. The summed E-state index contributed by atoms with van der Waals surface area (Å²) in [5.41, 5.74) is 5.07. The highest BCUT2D eigenvalue weighted by Crippen LogP contribution is 2.40. The molecule has 4 aromatic carbocycles. The van der Waals surface area contributed by atoms with E-state index in [0.29, 0.717) is 37.6 Å². The molecule has 0 atom stereocenters. The number of nitrogens with zero attached hydrogens (tertiary/aromatic N) is 1. The van der Waals surface area contributed by atoms with Gasteiger partial charge in [0.15, 0.2) is 11.5 Å². The second-order valence-corrected chi connectivity index (χ2v) is 11.0. The maximum Gasteiger partial charge on any atom is 0.343 e. The van der Waals surface area contributed by atoms with Crippen molar-refractivity contribution in [3.05, 3.63) is 110 Å². The Labute approximate surface area is 269 Å². The van der Waals surface area contributed by atoms with Gasteiger partial charge in [0.1, 0.15) is 11.4 Å². The molecule has 0 saturated carbocycles. The highest BCUT2D eigenvalue weighted by atomic mass is 79.9. The lowest BCUT2D eigenvalue weighted by molar-refractivity contribution is -0.132. The van der Waals surface area contributed by atoms with Crippen LogP contribution in [0.15, 0.2) is 88.4 Å². The van der Waals surface area contributed by atoms with Gasteiger partial charge >= 0.3 is 11.9 Å². The highest BCUT2D eigenvalue weighted by molar-refractivity contribution is 9.10. The van der Waals surface area contributed by atoms with Crippen LogP contribution in [-0.2, 0) is 4.79 Å². The number of fused-ring (bicyclic) bond motifs is 1. The SMILES string of the molecule is COc1cc(C(=O)Oc2ccccc2C=NNC(=O)c2[nH]c3c(Cl)cc(Br)cc3c2-c2ccccc2Cl)ccc1OC(C)=O. The van der Waals surface area contributed by atoms with E-state index < -0.39 is 17.8 Å². The van der Waals surface area contributed by atoms with Gasteiger partial charge in [0.25, 0.3) is 5.91 Å². The molecule has 44 heavy (non-hydrogen) atoms. The quantitative estimate of drug-likeness (QED) is 0.0740. The highest BCUT2D eigenvalue weighted by Gasteiger charge is 2.22. The molecular formula is C32H22BrCl2N3O6. The zero-order valence-electron chi connectivity index (χ0n) is 23.1. The summed E-state index contributed by atoms with van der Waals surface area (Å²) in [6, 6.07) is 21.7. The summed E-state index contributed by atoms with van der Waals surface area (Å²) in [6.45, 7) is 1.26. The Hall–Kier alpha value is -4.64. The maximum absolute atomic E-state index is 13.4. The maximum atomic E-state index is 13.4. The molecule has 2 N–H and O–H groups in total. The van der Waals surface area contributed by atoms with E-state index in [-0.39, 0.29) is 28.5 Å². The Balaban J connectivity index is 1.39. The van der Waals surface area contributed by atoms with E-state index in [1.165, 1.54) is 38.4 Å². The van der Waals surface area contributed by atoms with Crippen LogP contribution in [0.2, 0.25) is 10.0 Å². The standard InChI is InChI=1S/C32H22BrCl2N3O6/c1-17(39)43-26-12-11-18(13-27(26)42-2)32(41)44-25-10-6-3-7-19(25)16-36-38-31(40)30-28(21-8-4-5-9-23(21)34)22-14-20(33)15-24(35)29(22)37-30/h3-16,37H,1-2H3,(H,38,40). The summed E-state index contributed by atoms with van der Waals surface area (Å²) in [5, 5.41) is 5.68. The van der Waals surface area contributed by atoms with Gasteiger partial charge in [0.05, 0.1) is 29.4 Å². The van der Waals surface area contributed by atoms with E-state index in [2.05, 4.69) is 31.4 Å². The molecule has 0 bridgehead atoms. The van der Waals surface area contributed by atoms with Crippen LogP contribution in [0.4, 0.5) is 0 Å². The zero-order valence-corrected chi connectivity index (χ0v) is 26.2. The fraction of sp³-hybridized carbons (Fsp3) is 0.0625. The molecule has 222 valence electrons. The number of amides is 1. The van der Waals surface area contributed by atoms with Crippen molar-refractivity contribution in [2.45, 2.75) is 6.92 Å². The molecule has 0 aliphatic carbocycles. The van der Waals surface area contributed by atoms with Crippen LogP contribution in [0.5, 0.6) is 17.2 Å². The number of H-pyrrole nitrogens is 1. The third-order valence-corrected chi connectivity index (χ3v) is 7.42. The van der Waals surface area contributed by atoms with Crippen LogP contribution < -0.4 is 19.6 Å². The fourth-order valence-corrected chi connectivity index (χ4v) is 5.51. The molecule has 0 aliphatic rings. The lowest BCUT2D eigenvalue weighted by Gasteiger charge is -2.11. The second kappa shape index (κ2) is 13.3. The lowest BCUT2D eigenvalue weighted by Crippen LogP contribution is -2.19. The number of aromatic nitrogens is 1. The molecule has 5 rings (SSSR count). The van der Waals surface area contributed by atoms with Crippen molar-refractivity contribution < 1.29 is 28.6 Å². The van der Waals surface area contributed by atoms with E-state index in [1.807, 2.05) is 18.2 Å². The van der Waals surface area contributed by atoms with Crippen molar-refractivity contribution in [2.24, 2.45) is 5.10 Å². The molecule has 1 aromatic heterocycles. The van der Waals surface area contributed by atoms with Crippen LogP contribution in [0.1, 0.15) is 33.3 Å². The van der Waals surface area contributed by atoms with Gasteiger partial charge in [-0.05, 0) is 48.5 Å². The van der Waals surface area contributed by atoms with Crippen molar-refractivity contribution in [3.63, 3.8) is 0 Å². The molecule has 12 heteroatoms. The van der Waals surface area contributed by atoms with Crippen LogP contribution in [-0.4, -0.2) is 36.2 Å². The van der Waals surface area contributed by atoms with Gasteiger partial charge in [0, 0.05) is 38.5 Å². The number of methoxy groups -OCH3 is 1. The first kappa shape index (κ1) is 30.8. The molecule has 0 radical (unpaired) electrons. The molecule has 0 fully saturated rings. The molecule has 0 saturated heterocycles. The van der Waals surface area contributed by atoms with E-state index in [0.717, 1.165) is 4.47 Å². The minimum Gasteiger partial charge on any atom is -0.493 e. The number of aromatic amines is 1. The topological polar surface area (TPSA) is 119 Å². The third kappa shape index (κ3) is 6.62. The van der Waals surface area contributed by atoms with Gasteiger partial charge in [-0.2, -0.15) is 5.10 Å². The number of carbonyl (C=O) groups excluding carboxylic acids is 3. The molecule has 9 nitrogen and oxygen atoms in total. The van der Waals surface area contributed by atoms with Gasteiger partial charge in [-0.3, -0.25) is 9.59 Å². The number of hydrogen-bond donors (Lipinski definition) is 2.